The standard InChI is InChI=1S/C20H23ClN4O3/c21-16-3-1-2-15(12-16)13-23-9-5-20(14-23)6-10-24(11-7-20)19(28)25-8-4-17(22-25)18(26)27/h1-4,8,12H,5-7,9-11,13-14H2,(H,26,27). The van der Waals surface area contributed by atoms with Crippen molar-refractivity contribution in [2.24, 2.45) is 5.41 Å². The highest BCUT2D eigenvalue weighted by molar-refractivity contribution is 6.30. The largest absolute Gasteiger partial charge is 0.476 e. The molecule has 0 aliphatic carbocycles. The van der Waals surface area contributed by atoms with Crippen LogP contribution in [0.25, 0.3) is 0 Å². The molecule has 3 heterocycles. The predicted octanol–water partition coefficient (Wildman–Crippen LogP) is 3.19. The molecule has 1 aromatic heterocycles. The Morgan fingerprint density at radius 1 is 1.14 bits per heavy atom. The lowest BCUT2D eigenvalue weighted by Gasteiger charge is -2.39. The third-order valence-electron chi connectivity index (χ3n) is 5.91. The van der Waals surface area contributed by atoms with Crippen molar-refractivity contribution in [3.63, 3.8) is 0 Å². The van der Waals surface area contributed by atoms with Crippen molar-refractivity contribution in [1.82, 2.24) is 19.6 Å². The summed E-state index contributed by atoms with van der Waals surface area (Å²) < 4.78 is 1.13. The fraction of sp³-hybridized carbons (Fsp3) is 0.450. The maximum Gasteiger partial charge on any atom is 0.356 e. The van der Waals surface area contributed by atoms with E-state index in [1.807, 2.05) is 18.2 Å². The van der Waals surface area contributed by atoms with Crippen molar-refractivity contribution in [2.45, 2.75) is 25.8 Å². The smallest absolute Gasteiger partial charge is 0.356 e. The highest BCUT2D eigenvalue weighted by Gasteiger charge is 2.41. The van der Waals surface area contributed by atoms with Gasteiger partial charge in [0.25, 0.3) is 0 Å². The molecule has 2 saturated heterocycles. The normalized spacial score (nSPS) is 19.2. The number of rotatable bonds is 3. The van der Waals surface area contributed by atoms with Gasteiger partial charge in [0.05, 0.1) is 0 Å². The van der Waals surface area contributed by atoms with Crippen LogP contribution in [-0.2, 0) is 6.54 Å². The fourth-order valence-electron chi connectivity index (χ4n) is 4.33. The van der Waals surface area contributed by atoms with Gasteiger partial charge < -0.3 is 10.0 Å². The fourth-order valence-corrected chi connectivity index (χ4v) is 4.54. The topological polar surface area (TPSA) is 78.7 Å². The van der Waals surface area contributed by atoms with Crippen molar-refractivity contribution in [2.75, 3.05) is 26.2 Å². The monoisotopic (exact) mass is 402 g/mol. The van der Waals surface area contributed by atoms with Crippen molar-refractivity contribution < 1.29 is 14.7 Å². The molecule has 0 saturated carbocycles. The Morgan fingerprint density at radius 2 is 1.89 bits per heavy atom. The second-order valence-electron chi connectivity index (χ2n) is 7.81. The number of amides is 1. The molecule has 8 heteroatoms. The van der Waals surface area contributed by atoms with Crippen LogP contribution in [-0.4, -0.2) is 62.9 Å². The molecule has 2 aromatic rings. The summed E-state index contributed by atoms with van der Waals surface area (Å²) in [5, 5.41) is 13.6. The minimum absolute atomic E-state index is 0.116. The summed E-state index contributed by atoms with van der Waals surface area (Å²) in [6, 6.07) is 9.09. The molecule has 0 bridgehead atoms. The molecule has 2 aliphatic heterocycles. The highest BCUT2D eigenvalue weighted by atomic mass is 35.5. The van der Waals surface area contributed by atoms with E-state index in [9.17, 15) is 9.59 Å². The first-order chi connectivity index (χ1) is 13.4. The van der Waals surface area contributed by atoms with Gasteiger partial charge in [-0.05, 0) is 55.0 Å². The van der Waals surface area contributed by atoms with E-state index in [0.717, 1.165) is 48.6 Å². The second kappa shape index (κ2) is 7.56. The molecule has 4 rings (SSSR count). The van der Waals surface area contributed by atoms with Gasteiger partial charge in [-0.1, -0.05) is 23.7 Å². The Hall–Kier alpha value is -2.38. The maximum atomic E-state index is 12.6. The van der Waals surface area contributed by atoms with Gasteiger partial charge >= 0.3 is 12.0 Å². The number of halogens is 1. The zero-order chi connectivity index (χ0) is 19.7. The Bertz CT molecular complexity index is 889. The second-order valence-corrected chi connectivity index (χ2v) is 8.25. The molecule has 1 N–H and O–H groups in total. The lowest BCUT2D eigenvalue weighted by molar-refractivity contribution is 0.0689. The molecule has 2 fully saturated rings. The van der Waals surface area contributed by atoms with E-state index >= 15 is 0 Å². The van der Waals surface area contributed by atoms with Gasteiger partial charge in [-0.25, -0.2) is 9.59 Å². The average Bonchev–Trinajstić information content (AvgIpc) is 3.30. The Kier molecular flexibility index (Phi) is 5.12. The number of aromatic carboxylic acids is 1. The first-order valence-electron chi connectivity index (χ1n) is 9.49. The maximum absolute atomic E-state index is 12.6. The molecule has 2 aliphatic rings. The van der Waals surface area contributed by atoms with Crippen LogP contribution in [0.2, 0.25) is 5.02 Å². The number of aromatic nitrogens is 2. The summed E-state index contributed by atoms with van der Waals surface area (Å²) in [6.07, 6.45) is 4.47. The summed E-state index contributed by atoms with van der Waals surface area (Å²) in [7, 11) is 0. The zero-order valence-corrected chi connectivity index (χ0v) is 16.3. The summed E-state index contributed by atoms with van der Waals surface area (Å²) in [4.78, 5) is 27.8. The molecule has 1 spiro atoms. The van der Waals surface area contributed by atoms with Crippen LogP contribution >= 0.6 is 11.6 Å². The Balaban J connectivity index is 1.33. The van der Waals surface area contributed by atoms with E-state index in [2.05, 4.69) is 16.1 Å². The van der Waals surface area contributed by atoms with E-state index < -0.39 is 5.97 Å². The zero-order valence-electron chi connectivity index (χ0n) is 15.6. The average molecular weight is 403 g/mol. The van der Waals surface area contributed by atoms with Crippen LogP contribution in [0, 0.1) is 5.41 Å². The van der Waals surface area contributed by atoms with Gasteiger partial charge in [0, 0.05) is 37.4 Å². The third-order valence-corrected chi connectivity index (χ3v) is 6.15. The number of hydrogen-bond acceptors (Lipinski definition) is 4. The van der Waals surface area contributed by atoms with E-state index in [-0.39, 0.29) is 17.1 Å². The molecule has 1 aromatic carbocycles. The first kappa shape index (κ1) is 19.0. The lowest BCUT2D eigenvalue weighted by atomic mass is 9.78. The summed E-state index contributed by atoms with van der Waals surface area (Å²) in [5.74, 6) is -1.13. The molecular formula is C20H23ClN4O3. The SMILES string of the molecule is O=C(O)c1ccn(C(=O)N2CCC3(CCN(Cc4cccc(Cl)c4)C3)CC2)n1. The number of carbonyl (C=O) groups is 2. The summed E-state index contributed by atoms with van der Waals surface area (Å²) in [6.45, 7) is 4.34. The minimum Gasteiger partial charge on any atom is -0.476 e. The van der Waals surface area contributed by atoms with Crippen molar-refractivity contribution >= 4 is 23.6 Å². The molecule has 28 heavy (non-hydrogen) atoms. The quantitative estimate of drug-likeness (QED) is 0.852. The molecule has 0 atom stereocenters. The number of carbonyl (C=O) groups excluding carboxylic acids is 1. The number of piperidine rings is 1. The third kappa shape index (κ3) is 3.91. The minimum atomic E-state index is -1.13. The van der Waals surface area contributed by atoms with Gasteiger partial charge in [0.15, 0.2) is 5.69 Å². The lowest BCUT2D eigenvalue weighted by Crippen LogP contribution is -2.45. The van der Waals surface area contributed by atoms with Crippen LogP contribution in [0.1, 0.15) is 35.3 Å². The Morgan fingerprint density at radius 3 is 2.57 bits per heavy atom. The van der Waals surface area contributed by atoms with Crippen LogP contribution < -0.4 is 0 Å². The van der Waals surface area contributed by atoms with Gasteiger partial charge in [0.2, 0.25) is 0 Å². The van der Waals surface area contributed by atoms with Crippen LogP contribution in [0.5, 0.6) is 0 Å². The summed E-state index contributed by atoms with van der Waals surface area (Å²) >= 11 is 6.09. The van der Waals surface area contributed by atoms with Crippen molar-refractivity contribution in [1.29, 1.82) is 0 Å². The number of nitrogens with zero attached hydrogens (tertiary/aromatic N) is 4. The van der Waals surface area contributed by atoms with Gasteiger partial charge in [-0.2, -0.15) is 9.78 Å². The number of hydrogen-bond donors (Lipinski definition) is 1. The number of carboxylic acids is 1. The molecule has 0 radical (unpaired) electrons. The number of carboxylic acid groups (broad SMARTS) is 1. The van der Waals surface area contributed by atoms with Gasteiger partial charge in [0.1, 0.15) is 0 Å². The van der Waals surface area contributed by atoms with E-state index in [4.69, 9.17) is 16.7 Å². The number of likely N-dealkylation sites (tertiary alicyclic amines) is 2. The van der Waals surface area contributed by atoms with E-state index in [1.165, 1.54) is 17.8 Å². The van der Waals surface area contributed by atoms with E-state index in [1.54, 1.807) is 4.90 Å². The molecule has 7 nitrogen and oxygen atoms in total. The molecule has 1 amide bonds. The van der Waals surface area contributed by atoms with Crippen LogP contribution in [0.3, 0.4) is 0 Å². The molecular weight excluding hydrogens is 380 g/mol. The molecule has 0 unspecified atom stereocenters. The Labute approximate surface area is 168 Å². The van der Waals surface area contributed by atoms with E-state index in [0.29, 0.717) is 13.1 Å². The summed E-state index contributed by atoms with van der Waals surface area (Å²) in [5.41, 5.74) is 1.37. The molecule has 148 valence electrons. The van der Waals surface area contributed by atoms with Crippen molar-refractivity contribution in [3.8, 4) is 0 Å². The van der Waals surface area contributed by atoms with Gasteiger partial charge in [-0.3, -0.25) is 4.90 Å². The van der Waals surface area contributed by atoms with Crippen LogP contribution in [0.15, 0.2) is 36.5 Å². The van der Waals surface area contributed by atoms with Crippen molar-refractivity contribution in [3.05, 3.63) is 52.8 Å². The predicted molar refractivity (Wildman–Crippen MR) is 105 cm³/mol. The van der Waals surface area contributed by atoms with Gasteiger partial charge in [-0.15, -0.1) is 0 Å². The first-order valence-corrected chi connectivity index (χ1v) is 9.87. The van der Waals surface area contributed by atoms with Crippen LogP contribution in [0.4, 0.5) is 4.79 Å². The highest BCUT2D eigenvalue weighted by Crippen LogP contribution is 2.41. The number of benzene rings is 1.